The molecule has 1 atom stereocenters. The molecule has 0 N–H and O–H groups in total. The van der Waals surface area contributed by atoms with Crippen LogP contribution in [0.25, 0.3) is 0 Å². The van der Waals surface area contributed by atoms with E-state index in [0.29, 0.717) is 0 Å². The van der Waals surface area contributed by atoms with Crippen molar-refractivity contribution in [2.24, 2.45) is 11.8 Å². The molecule has 0 heterocycles. The monoisotopic (exact) mass is 372 g/mol. The second-order valence-corrected chi connectivity index (χ2v) is 7.06. The second-order valence-electron chi connectivity index (χ2n) is 5.50. The molecule has 2 heteroatoms. The van der Waals surface area contributed by atoms with Gasteiger partial charge in [-0.2, -0.15) is 0 Å². The molecule has 1 aromatic rings. The van der Waals surface area contributed by atoms with Gasteiger partial charge in [0, 0.05) is 9.80 Å². The van der Waals surface area contributed by atoms with Gasteiger partial charge >= 0.3 is 0 Å². The molecule has 2 rings (SSSR count). The Bertz CT molecular complexity index is 354. The van der Waals surface area contributed by atoms with E-state index in [1.807, 2.05) is 0 Å². The topological polar surface area (TPSA) is 0 Å². The molecule has 1 aliphatic rings. The molecule has 1 fully saturated rings. The first-order chi connectivity index (χ1) is 8.79. The van der Waals surface area contributed by atoms with E-state index in [2.05, 4.69) is 56.1 Å². The molecule has 0 bridgehead atoms. The minimum atomic E-state index is 0.803. The van der Waals surface area contributed by atoms with E-state index in [0.717, 1.165) is 17.2 Å². The van der Waals surface area contributed by atoms with E-state index in [4.69, 9.17) is 0 Å². The first-order valence-corrected chi connectivity index (χ1v) is 9.01. The Morgan fingerprint density at radius 1 is 1.11 bits per heavy atom. The third kappa shape index (κ3) is 4.38. The highest BCUT2D eigenvalue weighted by Crippen LogP contribution is 2.32. The summed E-state index contributed by atoms with van der Waals surface area (Å²) in [5.74, 6) is 1.73. The maximum atomic E-state index is 3.74. The summed E-state index contributed by atoms with van der Waals surface area (Å²) in [4.78, 5) is 0. The normalized spacial score (nSPS) is 19.4. The third-order valence-corrected chi connectivity index (χ3v) is 5.48. The summed E-state index contributed by atoms with van der Waals surface area (Å²) in [5, 5.41) is 1.14. The fraction of sp³-hybridized carbons (Fsp3) is 0.625. The molecule has 0 amide bonds. The first kappa shape index (κ1) is 14.6. The fourth-order valence-corrected chi connectivity index (χ4v) is 4.30. The average molecular weight is 374 g/mol. The van der Waals surface area contributed by atoms with Crippen molar-refractivity contribution in [3.05, 3.63) is 34.3 Å². The summed E-state index contributed by atoms with van der Waals surface area (Å²) in [6.07, 6.45) is 9.86. The Morgan fingerprint density at radius 2 is 1.83 bits per heavy atom. The van der Waals surface area contributed by atoms with Gasteiger partial charge in [0.15, 0.2) is 0 Å². The van der Waals surface area contributed by atoms with Crippen LogP contribution in [0.4, 0.5) is 0 Å². The fourth-order valence-electron chi connectivity index (χ4n) is 3.10. The van der Waals surface area contributed by atoms with Crippen LogP contribution in [0.3, 0.4) is 0 Å². The zero-order valence-corrected chi connectivity index (χ0v) is 14.0. The van der Waals surface area contributed by atoms with Gasteiger partial charge in [-0.15, -0.1) is 0 Å². The number of hydrogen-bond donors (Lipinski definition) is 0. The Hall–Kier alpha value is 0.180. The molecule has 1 aliphatic carbocycles. The van der Waals surface area contributed by atoms with Gasteiger partial charge in [0.1, 0.15) is 0 Å². The molecule has 0 spiro atoms. The van der Waals surface area contributed by atoms with Crippen LogP contribution in [0.2, 0.25) is 0 Å². The molecule has 1 unspecified atom stereocenters. The van der Waals surface area contributed by atoms with Crippen LogP contribution in [0.1, 0.15) is 44.1 Å². The van der Waals surface area contributed by atoms with Crippen LogP contribution < -0.4 is 0 Å². The Labute approximate surface area is 128 Å². The lowest BCUT2D eigenvalue weighted by atomic mass is 9.83. The van der Waals surface area contributed by atoms with Crippen molar-refractivity contribution >= 4 is 31.9 Å². The summed E-state index contributed by atoms with van der Waals surface area (Å²) in [6, 6.07) is 8.79. The highest BCUT2D eigenvalue weighted by Gasteiger charge is 2.22. The van der Waals surface area contributed by atoms with Gasteiger partial charge in [-0.25, -0.2) is 0 Å². The third-order valence-electron chi connectivity index (χ3n) is 4.15. The minimum absolute atomic E-state index is 0.803. The number of hydrogen-bond acceptors (Lipinski definition) is 0. The van der Waals surface area contributed by atoms with Gasteiger partial charge in [-0.3, -0.25) is 0 Å². The predicted octanol–water partition coefficient (Wildman–Crippen LogP) is 5.97. The van der Waals surface area contributed by atoms with Crippen LogP contribution >= 0.6 is 31.9 Å². The van der Waals surface area contributed by atoms with Gasteiger partial charge in [0.25, 0.3) is 0 Å². The zero-order chi connectivity index (χ0) is 12.8. The quantitative estimate of drug-likeness (QED) is 0.450. The lowest BCUT2D eigenvalue weighted by Gasteiger charge is -2.24. The summed E-state index contributed by atoms with van der Waals surface area (Å²) < 4.78 is 1.20. The van der Waals surface area contributed by atoms with Gasteiger partial charge in [0.2, 0.25) is 0 Å². The molecule has 0 aliphatic heterocycles. The van der Waals surface area contributed by atoms with Crippen molar-refractivity contribution in [2.75, 3.05) is 5.33 Å². The van der Waals surface area contributed by atoms with Gasteiger partial charge in [-0.1, -0.05) is 82.5 Å². The molecule has 0 nitrogen and oxygen atoms in total. The van der Waals surface area contributed by atoms with Gasteiger partial charge in [-0.05, 0) is 36.0 Å². The van der Waals surface area contributed by atoms with Crippen molar-refractivity contribution in [1.82, 2.24) is 0 Å². The van der Waals surface area contributed by atoms with E-state index >= 15 is 0 Å². The summed E-state index contributed by atoms with van der Waals surface area (Å²) in [6.45, 7) is 0. The standard InChI is InChI=1S/C16H22Br2/c17-12-15(14-7-3-1-2-4-8-14)10-13-6-5-9-16(18)11-13/h5-6,9,11,14-15H,1-4,7-8,10,12H2. The highest BCUT2D eigenvalue weighted by molar-refractivity contribution is 9.10. The summed E-state index contributed by atoms with van der Waals surface area (Å²) >= 11 is 7.31. The molecule has 100 valence electrons. The molecule has 0 aromatic heterocycles. The number of rotatable bonds is 4. The van der Waals surface area contributed by atoms with Crippen molar-refractivity contribution in [1.29, 1.82) is 0 Å². The van der Waals surface area contributed by atoms with Crippen molar-refractivity contribution < 1.29 is 0 Å². The second kappa shape index (κ2) is 7.69. The van der Waals surface area contributed by atoms with Gasteiger partial charge < -0.3 is 0 Å². The van der Waals surface area contributed by atoms with Crippen LogP contribution in [-0.2, 0) is 6.42 Å². The van der Waals surface area contributed by atoms with E-state index in [-0.39, 0.29) is 0 Å². The Kier molecular flexibility index (Phi) is 6.23. The minimum Gasteiger partial charge on any atom is -0.0925 e. The molecular weight excluding hydrogens is 352 g/mol. The molecule has 1 saturated carbocycles. The van der Waals surface area contributed by atoms with E-state index in [1.54, 1.807) is 0 Å². The molecule has 1 aromatic carbocycles. The zero-order valence-electron chi connectivity index (χ0n) is 10.9. The summed E-state index contributed by atoms with van der Waals surface area (Å²) in [5.41, 5.74) is 1.47. The van der Waals surface area contributed by atoms with Crippen molar-refractivity contribution in [2.45, 2.75) is 44.9 Å². The SMILES string of the molecule is BrCC(Cc1cccc(Br)c1)C1CCCCCC1. The smallest absolute Gasteiger partial charge is 0.0177 e. The molecular formula is C16H22Br2. The Balaban J connectivity index is 1.99. The molecule has 18 heavy (non-hydrogen) atoms. The average Bonchev–Trinajstić information content (AvgIpc) is 2.65. The van der Waals surface area contributed by atoms with Gasteiger partial charge in [0.05, 0.1) is 0 Å². The number of alkyl halides is 1. The summed E-state index contributed by atoms with van der Waals surface area (Å²) in [7, 11) is 0. The largest absolute Gasteiger partial charge is 0.0925 e. The number of benzene rings is 1. The van der Waals surface area contributed by atoms with E-state index in [9.17, 15) is 0 Å². The van der Waals surface area contributed by atoms with Crippen LogP contribution in [0, 0.1) is 11.8 Å². The number of halogens is 2. The maximum absolute atomic E-state index is 3.74. The predicted molar refractivity (Wildman–Crippen MR) is 86.3 cm³/mol. The van der Waals surface area contributed by atoms with E-state index < -0.39 is 0 Å². The highest BCUT2D eigenvalue weighted by atomic mass is 79.9. The lowest BCUT2D eigenvalue weighted by molar-refractivity contribution is 0.325. The van der Waals surface area contributed by atoms with Crippen LogP contribution in [-0.4, -0.2) is 5.33 Å². The van der Waals surface area contributed by atoms with Crippen LogP contribution in [0.5, 0.6) is 0 Å². The molecule has 0 radical (unpaired) electrons. The maximum Gasteiger partial charge on any atom is 0.0177 e. The van der Waals surface area contributed by atoms with Crippen LogP contribution in [0.15, 0.2) is 28.7 Å². The first-order valence-electron chi connectivity index (χ1n) is 7.10. The van der Waals surface area contributed by atoms with Crippen molar-refractivity contribution in [3.8, 4) is 0 Å². The van der Waals surface area contributed by atoms with E-state index in [1.165, 1.54) is 55.0 Å². The Morgan fingerprint density at radius 3 is 2.44 bits per heavy atom. The lowest BCUT2D eigenvalue weighted by Crippen LogP contribution is -2.18. The van der Waals surface area contributed by atoms with Crippen molar-refractivity contribution in [3.63, 3.8) is 0 Å². The molecule has 0 saturated heterocycles.